The summed E-state index contributed by atoms with van der Waals surface area (Å²) < 4.78 is 19.0. The number of nitrogens with zero attached hydrogens (tertiary/aromatic N) is 1. The van der Waals surface area contributed by atoms with Crippen molar-refractivity contribution >= 4 is 29.1 Å². The van der Waals surface area contributed by atoms with E-state index in [1.54, 1.807) is 41.3 Å². The monoisotopic (exact) mass is 416 g/mol. The highest BCUT2D eigenvalue weighted by Gasteiger charge is 2.51. The minimum absolute atomic E-state index is 0.117. The maximum Gasteiger partial charge on any atom is 0.253 e. The Bertz CT molecular complexity index is 913. The summed E-state index contributed by atoms with van der Waals surface area (Å²) in [6.07, 6.45) is 1.41. The first-order valence-electron chi connectivity index (χ1n) is 9.66. The molecule has 0 bridgehead atoms. The van der Waals surface area contributed by atoms with Crippen molar-refractivity contribution in [1.29, 1.82) is 0 Å². The molecule has 0 saturated carbocycles. The number of ether oxygens (including phenoxy) is 1. The van der Waals surface area contributed by atoms with Gasteiger partial charge in [0.15, 0.2) is 0 Å². The zero-order valence-electron chi connectivity index (χ0n) is 15.9. The number of carbonyl (C=O) groups is 2. The van der Waals surface area contributed by atoms with Gasteiger partial charge in [-0.05, 0) is 55.3 Å². The lowest BCUT2D eigenvalue weighted by atomic mass is 9.71. The Balaban J connectivity index is 1.56. The summed E-state index contributed by atoms with van der Waals surface area (Å²) in [6, 6.07) is 12.6. The van der Waals surface area contributed by atoms with Gasteiger partial charge in [-0.3, -0.25) is 9.59 Å². The second-order valence-electron chi connectivity index (χ2n) is 7.72. The van der Waals surface area contributed by atoms with Gasteiger partial charge in [-0.2, -0.15) is 0 Å². The fraction of sp³-hybridized carbons (Fsp3) is 0.364. The lowest BCUT2D eigenvalue weighted by Crippen LogP contribution is -2.42. The Labute approximate surface area is 173 Å². The van der Waals surface area contributed by atoms with Crippen molar-refractivity contribution < 1.29 is 18.7 Å². The van der Waals surface area contributed by atoms with E-state index in [1.165, 1.54) is 12.1 Å². The highest BCUT2D eigenvalue weighted by Crippen LogP contribution is 2.45. The van der Waals surface area contributed by atoms with Crippen LogP contribution in [0.2, 0.25) is 5.02 Å². The van der Waals surface area contributed by atoms with Gasteiger partial charge in [0.05, 0.1) is 5.92 Å². The Morgan fingerprint density at radius 2 is 1.86 bits per heavy atom. The summed E-state index contributed by atoms with van der Waals surface area (Å²) in [7, 11) is 0. The van der Waals surface area contributed by atoms with Crippen LogP contribution in [0.25, 0.3) is 0 Å². The molecule has 2 heterocycles. The first-order valence-corrected chi connectivity index (χ1v) is 10.0. The number of anilines is 1. The molecule has 2 saturated heterocycles. The van der Waals surface area contributed by atoms with Crippen LogP contribution < -0.4 is 5.32 Å². The third-order valence-corrected chi connectivity index (χ3v) is 6.18. The normalized spacial score (nSPS) is 20.6. The van der Waals surface area contributed by atoms with Crippen LogP contribution in [0.3, 0.4) is 0 Å². The van der Waals surface area contributed by atoms with E-state index >= 15 is 0 Å². The first-order chi connectivity index (χ1) is 14.0. The summed E-state index contributed by atoms with van der Waals surface area (Å²) in [4.78, 5) is 27.9. The molecule has 0 unspecified atom stereocenters. The molecule has 0 aromatic heterocycles. The molecule has 2 aromatic carbocycles. The molecule has 152 valence electrons. The Morgan fingerprint density at radius 3 is 2.55 bits per heavy atom. The number of hydrogen-bond acceptors (Lipinski definition) is 3. The fourth-order valence-corrected chi connectivity index (χ4v) is 4.47. The SMILES string of the molecule is O=C(Nc1cccc(F)c1)[C@H]1CN(C(=O)c2ccc(Cl)cc2)CC12CCOCC2. The molecule has 7 heteroatoms. The molecule has 1 spiro atoms. The number of hydrogen-bond donors (Lipinski definition) is 1. The number of halogens is 2. The molecule has 1 atom stereocenters. The smallest absolute Gasteiger partial charge is 0.253 e. The quantitative estimate of drug-likeness (QED) is 0.823. The topological polar surface area (TPSA) is 58.6 Å². The minimum Gasteiger partial charge on any atom is -0.381 e. The average molecular weight is 417 g/mol. The van der Waals surface area contributed by atoms with Gasteiger partial charge < -0.3 is 15.0 Å². The summed E-state index contributed by atoms with van der Waals surface area (Å²) in [5.74, 6) is -1.10. The van der Waals surface area contributed by atoms with E-state index in [9.17, 15) is 14.0 Å². The van der Waals surface area contributed by atoms with E-state index in [-0.39, 0.29) is 23.1 Å². The Kier molecular flexibility index (Phi) is 5.56. The predicted molar refractivity (Wildman–Crippen MR) is 108 cm³/mol. The highest BCUT2D eigenvalue weighted by atomic mass is 35.5. The second-order valence-corrected chi connectivity index (χ2v) is 8.16. The van der Waals surface area contributed by atoms with Crippen LogP contribution in [-0.2, 0) is 9.53 Å². The molecule has 0 radical (unpaired) electrons. The Morgan fingerprint density at radius 1 is 1.14 bits per heavy atom. The largest absolute Gasteiger partial charge is 0.381 e. The van der Waals surface area contributed by atoms with Crippen LogP contribution in [0.1, 0.15) is 23.2 Å². The molecule has 2 aliphatic heterocycles. The molecule has 5 nitrogen and oxygen atoms in total. The number of carbonyl (C=O) groups excluding carboxylic acids is 2. The maximum absolute atomic E-state index is 13.5. The van der Waals surface area contributed by atoms with Crippen molar-refractivity contribution in [2.45, 2.75) is 12.8 Å². The van der Waals surface area contributed by atoms with Gasteiger partial charge in [0.2, 0.25) is 5.91 Å². The van der Waals surface area contributed by atoms with Gasteiger partial charge in [-0.1, -0.05) is 17.7 Å². The minimum atomic E-state index is -0.408. The molecule has 2 amide bonds. The number of nitrogens with one attached hydrogen (secondary N) is 1. The Hall–Kier alpha value is -2.44. The first kappa shape index (κ1) is 19.9. The zero-order chi connectivity index (χ0) is 20.4. The highest BCUT2D eigenvalue weighted by molar-refractivity contribution is 6.30. The fourth-order valence-electron chi connectivity index (χ4n) is 4.34. The van der Waals surface area contributed by atoms with Gasteiger partial charge in [-0.25, -0.2) is 4.39 Å². The maximum atomic E-state index is 13.5. The molecule has 2 fully saturated rings. The van der Waals surface area contributed by atoms with Gasteiger partial charge in [-0.15, -0.1) is 0 Å². The van der Waals surface area contributed by atoms with Gasteiger partial charge in [0.1, 0.15) is 5.82 Å². The van der Waals surface area contributed by atoms with E-state index in [0.717, 1.165) is 0 Å². The average Bonchev–Trinajstić information content (AvgIpc) is 3.07. The molecule has 1 N–H and O–H groups in total. The summed E-state index contributed by atoms with van der Waals surface area (Å²) in [5.41, 5.74) is 0.625. The van der Waals surface area contributed by atoms with Crippen LogP contribution in [0.5, 0.6) is 0 Å². The summed E-state index contributed by atoms with van der Waals surface area (Å²) in [6.45, 7) is 1.95. The van der Waals surface area contributed by atoms with Crippen molar-refractivity contribution in [3.63, 3.8) is 0 Å². The molecule has 2 aliphatic rings. The van der Waals surface area contributed by atoms with E-state index in [4.69, 9.17) is 16.3 Å². The molecular weight excluding hydrogens is 395 g/mol. The molecular formula is C22H22ClFN2O3. The van der Waals surface area contributed by atoms with E-state index in [2.05, 4.69) is 5.32 Å². The second kappa shape index (κ2) is 8.13. The van der Waals surface area contributed by atoms with Crippen LogP contribution in [0.4, 0.5) is 10.1 Å². The van der Waals surface area contributed by atoms with Crippen LogP contribution in [-0.4, -0.2) is 43.0 Å². The van der Waals surface area contributed by atoms with E-state index in [0.29, 0.717) is 55.4 Å². The van der Waals surface area contributed by atoms with Crippen molar-refractivity contribution in [1.82, 2.24) is 4.90 Å². The van der Waals surface area contributed by atoms with E-state index in [1.807, 2.05) is 0 Å². The molecule has 4 rings (SSSR count). The van der Waals surface area contributed by atoms with Crippen LogP contribution in [0.15, 0.2) is 48.5 Å². The number of amides is 2. The van der Waals surface area contributed by atoms with Crippen molar-refractivity contribution in [2.75, 3.05) is 31.6 Å². The zero-order valence-corrected chi connectivity index (χ0v) is 16.6. The lowest BCUT2D eigenvalue weighted by molar-refractivity contribution is -0.124. The third-order valence-electron chi connectivity index (χ3n) is 5.92. The van der Waals surface area contributed by atoms with Crippen LogP contribution in [0, 0.1) is 17.2 Å². The molecule has 29 heavy (non-hydrogen) atoms. The lowest BCUT2D eigenvalue weighted by Gasteiger charge is -2.37. The predicted octanol–water partition coefficient (Wildman–Crippen LogP) is 3.99. The molecule has 2 aromatic rings. The number of likely N-dealkylation sites (tertiary alicyclic amines) is 1. The molecule has 0 aliphatic carbocycles. The number of benzene rings is 2. The van der Waals surface area contributed by atoms with Crippen molar-refractivity contribution in [2.24, 2.45) is 11.3 Å². The number of rotatable bonds is 3. The van der Waals surface area contributed by atoms with Gasteiger partial charge >= 0.3 is 0 Å². The van der Waals surface area contributed by atoms with Crippen molar-refractivity contribution in [3.05, 3.63) is 64.9 Å². The standard InChI is InChI=1S/C22H22ClFN2O3/c23-16-6-4-15(5-7-16)21(28)26-13-19(22(14-26)8-10-29-11-9-22)20(27)25-18-3-1-2-17(24)12-18/h1-7,12,19H,8-11,13-14H2,(H,25,27)/t19-/m1/s1. The van der Waals surface area contributed by atoms with Crippen molar-refractivity contribution in [3.8, 4) is 0 Å². The van der Waals surface area contributed by atoms with Gasteiger partial charge in [0, 0.05) is 48.0 Å². The summed E-state index contributed by atoms with van der Waals surface area (Å²) in [5, 5.41) is 3.39. The summed E-state index contributed by atoms with van der Waals surface area (Å²) >= 11 is 5.93. The van der Waals surface area contributed by atoms with Crippen LogP contribution >= 0.6 is 11.6 Å². The van der Waals surface area contributed by atoms with E-state index < -0.39 is 5.82 Å². The van der Waals surface area contributed by atoms with Gasteiger partial charge in [0.25, 0.3) is 5.91 Å². The third kappa shape index (κ3) is 4.14.